The topological polar surface area (TPSA) is 63.1 Å². The van der Waals surface area contributed by atoms with Crippen molar-refractivity contribution in [2.45, 2.75) is 31.7 Å². The van der Waals surface area contributed by atoms with E-state index in [0.29, 0.717) is 10.9 Å². The van der Waals surface area contributed by atoms with E-state index in [0.717, 1.165) is 5.75 Å². The van der Waals surface area contributed by atoms with Crippen LogP contribution in [0.1, 0.15) is 32.7 Å². The van der Waals surface area contributed by atoms with Gasteiger partial charge in [0.2, 0.25) is 0 Å². The van der Waals surface area contributed by atoms with E-state index in [1.807, 2.05) is 0 Å². The van der Waals surface area contributed by atoms with Gasteiger partial charge in [-0.05, 0) is 26.3 Å². The van der Waals surface area contributed by atoms with Gasteiger partial charge in [-0.2, -0.15) is 0 Å². The lowest BCUT2D eigenvalue weighted by atomic mass is 10.1. The number of hydrogen-bond donors (Lipinski definition) is 1. The molecule has 2 rings (SSSR count). The molecule has 0 amide bonds. The third-order valence-corrected chi connectivity index (χ3v) is 3.77. The SMILES string of the molecule is Cc1cc(C)cc(CSc2ncc(C(=O)O)c(C)n2)c1. The molecule has 104 valence electrons. The molecule has 0 aliphatic rings. The summed E-state index contributed by atoms with van der Waals surface area (Å²) in [4.78, 5) is 19.2. The van der Waals surface area contributed by atoms with Crippen molar-refractivity contribution in [3.63, 3.8) is 0 Å². The highest BCUT2D eigenvalue weighted by atomic mass is 32.2. The summed E-state index contributed by atoms with van der Waals surface area (Å²) in [6.45, 7) is 5.83. The molecule has 1 aromatic carbocycles. The van der Waals surface area contributed by atoms with Gasteiger partial charge in [-0.25, -0.2) is 14.8 Å². The zero-order chi connectivity index (χ0) is 14.7. The summed E-state index contributed by atoms with van der Waals surface area (Å²) in [5, 5.41) is 9.54. The molecule has 4 nitrogen and oxygen atoms in total. The number of carbonyl (C=O) groups is 1. The number of nitrogens with zero attached hydrogens (tertiary/aromatic N) is 2. The van der Waals surface area contributed by atoms with Gasteiger partial charge < -0.3 is 5.11 Å². The molecule has 0 radical (unpaired) electrons. The molecule has 1 aromatic heterocycles. The van der Waals surface area contributed by atoms with Gasteiger partial charge in [0.1, 0.15) is 0 Å². The lowest BCUT2D eigenvalue weighted by Crippen LogP contribution is -2.03. The van der Waals surface area contributed by atoms with Gasteiger partial charge in [0, 0.05) is 11.9 Å². The third kappa shape index (κ3) is 3.57. The van der Waals surface area contributed by atoms with Crippen LogP contribution in [0.5, 0.6) is 0 Å². The monoisotopic (exact) mass is 288 g/mol. The van der Waals surface area contributed by atoms with Crippen molar-refractivity contribution in [3.8, 4) is 0 Å². The van der Waals surface area contributed by atoms with Crippen LogP contribution in [0.3, 0.4) is 0 Å². The predicted octanol–water partition coefficient (Wildman–Crippen LogP) is 3.39. The van der Waals surface area contributed by atoms with Crippen LogP contribution in [0.2, 0.25) is 0 Å². The smallest absolute Gasteiger partial charge is 0.339 e. The number of aromatic carboxylic acids is 1. The van der Waals surface area contributed by atoms with Gasteiger partial charge in [-0.1, -0.05) is 41.1 Å². The molecule has 0 fully saturated rings. The van der Waals surface area contributed by atoms with E-state index in [9.17, 15) is 4.79 Å². The molecule has 0 aliphatic carbocycles. The lowest BCUT2D eigenvalue weighted by Gasteiger charge is -2.05. The highest BCUT2D eigenvalue weighted by Gasteiger charge is 2.10. The van der Waals surface area contributed by atoms with Crippen molar-refractivity contribution in [3.05, 3.63) is 52.3 Å². The standard InChI is InChI=1S/C15H16N2O2S/c1-9-4-10(2)6-12(5-9)8-20-15-16-7-13(14(18)19)11(3)17-15/h4-7H,8H2,1-3H3,(H,18,19). The first kappa shape index (κ1) is 14.5. The largest absolute Gasteiger partial charge is 0.478 e. The molecule has 5 heteroatoms. The molecule has 0 bridgehead atoms. The number of aromatic nitrogens is 2. The minimum absolute atomic E-state index is 0.153. The summed E-state index contributed by atoms with van der Waals surface area (Å²) in [7, 11) is 0. The molecule has 1 N–H and O–H groups in total. The first-order valence-corrected chi connectivity index (χ1v) is 7.21. The van der Waals surface area contributed by atoms with Crippen LogP contribution in [-0.4, -0.2) is 21.0 Å². The minimum Gasteiger partial charge on any atom is -0.478 e. The Labute approximate surface area is 122 Å². The Morgan fingerprint density at radius 2 is 1.85 bits per heavy atom. The van der Waals surface area contributed by atoms with Gasteiger partial charge in [-0.3, -0.25) is 0 Å². The lowest BCUT2D eigenvalue weighted by molar-refractivity contribution is 0.0695. The number of rotatable bonds is 4. The highest BCUT2D eigenvalue weighted by Crippen LogP contribution is 2.21. The second kappa shape index (κ2) is 6.05. The van der Waals surface area contributed by atoms with E-state index < -0.39 is 5.97 Å². The summed E-state index contributed by atoms with van der Waals surface area (Å²) in [6, 6.07) is 6.41. The van der Waals surface area contributed by atoms with E-state index in [4.69, 9.17) is 5.11 Å². The average molecular weight is 288 g/mol. The maximum absolute atomic E-state index is 10.9. The quantitative estimate of drug-likeness (QED) is 0.690. The molecular weight excluding hydrogens is 272 g/mol. The molecule has 2 aromatic rings. The zero-order valence-corrected chi connectivity index (χ0v) is 12.5. The van der Waals surface area contributed by atoms with Crippen LogP contribution in [0, 0.1) is 20.8 Å². The summed E-state index contributed by atoms with van der Waals surface area (Å²) < 4.78 is 0. The van der Waals surface area contributed by atoms with Crippen molar-refractivity contribution in [1.29, 1.82) is 0 Å². The van der Waals surface area contributed by atoms with Gasteiger partial charge in [-0.15, -0.1) is 0 Å². The van der Waals surface area contributed by atoms with Crippen molar-refractivity contribution in [2.24, 2.45) is 0 Å². The summed E-state index contributed by atoms with van der Waals surface area (Å²) >= 11 is 1.51. The number of carboxylic acid groups (broad SMARTS) is 1. The Morgan fingerprint density at radius 3 is 2.40 bits per heavy atom. The third-order valence-electron chi connectivity index (χ3n) is 2.84. The van der Waals surface area contributed by atoms with E-state index >= 15 is 0 Å². The molecule has 0 saturated heterocycles. The first-order valence-electron chi connectivity index (χ1n) is 6.22. The van der Waals surface area contributed by atoms with Crippen LogP contribution in [0.15, 0.2) is 29.6 Å². The summed E-state index contributed by atoms with van der Waals surface area (Å²) in [5.41, 5.74) is 4.34. The van der Waals surface area contributed by atoms with Crippen LogP contribution in [-0.2, 0) is 5.75 Å². The number of carboxylic acids is 1. The normalized spacial score (nSPS) is 10.6. The fraction of sp³-hybridized carbons (Fsp3) is 0.267. The van der Waals surface area contributed by atoms with E-state index in [1.165, 1.54) is 34.6 Å². The van der Waals surface area contributed by atoms with Crippen molar-refractivity contribution in [1.82, 2.24) is 9.97 Å². The maximum Gasteiger partial charge on any atom is 0.339 e. The number of hydrogen-bond acceptors (Lipinski definition) is 4. The predicted molar refractivity (Wildman–Crippen MR) is 79.2 cm³/mol. The average Bonchev–Trinajstić information content (AvgIpc) is 2.35. The zero-order valence-electron chi connectivity index (χ0n) is 11.7. The Hall–Kier alpha value is -1.88. The molecule has 20 heavy (non-hydrogen) atoms. The van der Waals surface area contributed by atoms with Gasteiger partial charge >= 0.3 is 5.97 Å². The van der Waals surface area contributed by atoms with E-state index in [-0.39, 0.29) is 5.56 Å². The summed E-state index contributed by atoms with van der Waals surface area (Å²) in [5.74, 6) is -0.220. The maximum atomic E-state index is 10.9. The van der Waals surface area contributed by atoms with Crippen LogP contribution < -0.4 is 0 Å². The molecule has 0 aliphatic heterocycles. The number of aryl methyl sites for hydroxylation is 3. The van der Waals surface area contributed by atoms with Crippen molar-refractivity contribution in [2.75, 3.05) is 0 Å². The molecule has 0 spiro atoms. The Bertz CT molecular complexity index is 636. The van der Waals surface area contributed by atoms with Crippen molar-refractivity contribution < 1.29 is 9.90 Å². The van der Waals surface area contributed by atoms with Crippen LogP contribution >= 0.6 is 11.8 Å². The first-order chi connectivity index (χ1) is 9.45. The molecule has 1 heterocycles. The molecule has 0 unspecified atom stereocenters. The van der Waals surface area contributed by atoms with E-state index in [1.54, 1.807) is 6.92 Å². The fourth-order valence-corrected chi connectivity index (χ4v) is 2.82. The van der Waals surface area contributed by atoms with Crippen LogP contribution in [0.4, 0.5) is 0 Å². The van der Waals surface area contributed by atoms with Gasteiger partial charge in [0.05, 0.1) is 11.3 Å². The number of thioether (sulfide) groups is 1. The second-order valence-electron chi connectivity index (χ2n) is 4.74. The fourth-order valence-electron chi connectivity index (χ4n) is 2.03. The minimum atomic E-state index is -0.992. The van der Waals surface area contributed by atoms with E-state index in [2.05, 4.69) is 42.0 Å². The van der Waals surface area contributed by atoms with Crippen molar-refractivity contribution >= 4 is 17.7 Å². The number of benzene rings is 1. The molecule has 0 saturated carbocycles. The molecule has 0 atom stereocenters. The van der Waals surface area contributed by atoms with Gasteiger partial charge in [0.15, 0.2) is 5.16 Å². The highest BCUT2D eigenvalue weighted by molar-refractivity contribution is 7.98. The Balaban J connectivity index is 2.11. The Kier molecular flexibility index (Phi) is 4.39. The summed E-state index contributed by atoms with van der Waals surface area (Å²) in [6.07, 6.45) is 1.37. The molecular formula is C15H16N2O2S. The van der Waals surface area contributed by atoms with Gasteiger partial charge in [0.25, 0.3) is 0 Å². The Morgan fingerprint density at radius 1 is 1.20 bits per heavy atom. The van der Waals surface area contributed by atoms with Crippen LogP contribution in [0.25, 0.3) is 0 Å². The second-order valence-corrected chi connectivity index (χ2v) is 5.68.